The van der Waals surface area contributed by atoms with Gasteiger partial charge in [0.05, 0.1) is 17.5 Å². The topological polar surface area (TPSA) is 102 Å². The van der Waals surface area contributed by atoms with Crippen LogP contribution in [0.25, 0.3) is 0 Å². The van der Waals surface area contributed by atoms with Crippen LogP contribution in [-0.4, -0.2) is 39.2 Å². The van der Waals surface area contributed by atoms with E-state index in [0.717, 1.165) is 18.2 Å². The summed E-state index contributed by atoms with van der Waals surface area (Å²) in [6.07, 6.45) is 0.812. The summed E-state index contributed by atoms with van der Waals surface area (Å²) in [5.41, 5.74) is 1.26. The third-order valence-corrected chi connectivity index (χ3v) is 4.97. The predicted molar refractivity (Wildman–Crippen MR) is 112 cm³/mol. The quantitative estimate of drug-likeness (QED) is 0.610. The molecule has 0 bridgehead atoms. The van der Waals surface area contributed by atoms with E-state index in [2.05, 4.69) is 10.0 Å². The summed E-state index contributed by atoms with van der Waals surface area (Å²) < 4.78 is 30.5. The Bertz CT molecular complexity index is 945. The molecule has 2 aromatic carbocycles. The maximum absolute atomic E-state index is 12.4. The Morgan fingerprint density at radius 2 is 1.66 bits per heavy atom. The van der Waals surface area contributed by atoms with Crippen molar-refractivity contribution in [1.82, 2.24) is 5.32 Å². The molecular formula is C21H26N2O5S. The Hall–Kier alpha value is -2.87. The van der Waals surface area contributed by atoms with Crippen molar-refractivity contribution in [3.8, 4) is 0 Å². The van der Waals surface area contributed by atoms with Gasteiger partial charge in [0, 0.05) is 12.5 Å². The number of carbonyl (C=O) groups excluding carboxylic acids is 2. The molecular weight excluding hydrogens is 392 g/mol. The SMILES string of the molecule is CC[C@@H](CNC(=O)[C@H](C)OC(=O)c1ccccc1NS(C)(=O)=O)c1ccccc1. The van der Waals surface area contributed by atoms with Crippen molar-refractivity contribution in [2.75, 3.05) is 17.5 Å². The summed E-state index contributed by atoms with van der Waals surface area (Å²) in [4.78, 5) is 24.8. The van der Waals surface area contributed by atoms with Gasteiger partial charge in [0.25, 0.3) is 5.91 Å². The summed E-state index contributed by atoms with van der Waals surface area (Å²) in [6, 6.07) is 15.9. The fourth-order valence-electron chi connectivity index (χ4n) is 2.82. The minimum absolute atomic E-state index is 0.0355. The number of ether oxygens (including phenoxy) is 1. The summed E-state index contributed by atoms with van der Waals surface area (Å²) >= 11 is 0. The van der Waals surface area contributed by atoms with Crippen LogP contribution in [0.4, 0.5) is 5.69 Å². The first-order valence-electron chi connectivity index (χ1n) is 9.31. The van der Waals surface area contributed by atoms with Crippen LogP contribution in [-0.2, 0) is 19.6 Å². The molecule has 0 spiro atoms. The number of anilines is 1. The fraction of sp³-hybridized carbons (Fsp3) is 0.333. The molecule has 29 heavy (non-hydrogen) atoms. The second-order valence-electron chi connectivity index (χ2n) is 6.73. The second kappa shape index (κ2) is 10.1. The largest absolute Gasteiger partial charge is 0.449 e. The smallest absolute Gasteiger partial charge is 0.341 e. The van der Waals surface area contributed by atoms with Gasteiger partial charge in [0.2, 0.25) is 10.0 Å². The predicted octanol–water partition coefficient (Wildman–Crippen LogP) is 2.91. The molecule has 0 radical (unpaired) electrons. The molecule has 2 aromatic rings. The van der Waals surface area contributed by atoms with Gasteiger partial charge in [-0.25, -0.2) is 13.2 Å². The van der Waals surface area contributed by atoms with Crippen molar-refractivity contribution in [2.45, 2.75) is 32.3 Å². The monoisotopic (exact) mass is 418 g/mol. The molecule has 156 valence electrons. The molecule has 2 N–H and O–H groups in total. The molecule has 0 saturated carbocycles. The minimum atomic E-state index is -3.56. The van der Waals surface area contributed by atoms with Crippen molar-refractivity contribution in [3.63, 3.8) is 0 Å². The van der Waals surface area contributed by atoms with Crippen molar-refractivity contribution >= 4 is 27.6 Å². The molecule has 0 saturated heterocycles. The molecule has 0 unspecified atom stereocenters. The van der Waals surface area contributed by atoms with Crippen molar-refractivity contribution < 1.29 is 22.7 Å². The van der Waals surface area contributed by atoms with E-state index < -0.39 is 28.0 Å². The van der Waals surface area contributed by atoms with Crippen LogP contribution in [0.2, 0.25) is 0 Å². The number of carbonyl (C=O) groups is 2. The molecule has 7 nitrogen and oxygen atoms in total. The lowest BCUT2D eigenvalue weighted by Crippen LogP contribution is -2.38. The lowest BCUT2D eigenvalue weighted by atomic mass is 9.96. The number of esters is 1. The zero-order valence-electron chi connectivity index (χ0n) is 16.7. The van der Waals surface area contributed by atoms with Gasteiger partial charge in [0.15, 0.2) is 6.10 Å². The molecule has 8 heteroatoms. The molecule has 0 aliphatic heterocycles. The molecule has 0 fully saturated rings. The van der Waals surface area contributed by atoms with Gasteiger partial charge >= 0.3 is 5.97 Å². The average Bonchev–Trinajstić information content (AvgIpc) is 2.68. The summed E-state index contributed by atoms with van der Waals surface area (Å²) in [7, 11) is -3.56. The van der Waals surface area contributed by atoms with Gasteiger partial charge in [-0.3, -0.25) is 9.52 Å². The third kappa shape index (κ3) is 6.90. The minimum Gasteiger partial charge on any atom is -0.449 e. The molecule has 0 heterocycles. The Kier molecular flexibility index (Phi) is 7.78. The van der Waals surface area contributed by atoms with E-state index in [4.69, 9.17) is 4.74 Å². The number of nitrogens with one attached hydrogen (secondary N) is 2. The standard InChI is InChI=1S/C21H26N2O5S/c1-4-16(17-10-6-5-7-11-17)14-22-20(24)15(2)28-21(25)18-12-8-9-13-19(18)23-29(3,26)27/h5-13,15-16,23H,4,14H2,1-3H3,(H,22,24)/t15-,16-/m0/s1. The number of sulfonamides is 1. The van der Waals surface area contributed by atoms with E-state index in [1.54, 1.807) is 12.1 Å². The van der Waals surface area contributed by atoms with Gasteiger partial charge in [-0.1, -0.05) is 49.4 Å². The molecule has 0 aliphatic rings. The van der Waals surface area contributed by atoms with E-state index in [1.165, 1.54) is 19.1 Å². The summed E-state index contributed by atoms with van der Waals surface area (Å²) in [5, 5.41) is 2.81. The normalized spacial score (nSPS) is 13.2. The van der Waals surface area contributed by atoms with Gasteiger partial charge in [-0.15, -0.1) is 0 Å². The van der Waals surface area contributed by atoms with Crippen molar-refractivity contribution in [2.24, 2.45) is 0 Å². The lowest BCUT2D eigenvalue weighted by Gasteiger charge is -2.19. The number of rotatable bonds is 9. The van der Waals surface area contributed by atoms with Crippen LogP contribution < -0.4 is 10.0 Å². The first kappa shape index (κ1) is 22.4. The number of hydrogen-bond donors (Lipinski definition) is 2. The third-order valence-electron chi connectivity index (χ3n) is 4.38. The maximum atomic E-state index is 12.4. The lowest BCUT2D eigenvalue weighted by molar-refractivity contribution is -0.129. The summed E-state index contributed by atoms with van der Waals surface area (Å²) in [5.74, 6) is -1.04. The van der Waals surface area contributed by atoms with Crippen LogP contribution >= 0.6 is 0 Å². The van der Waals surface area contributed by atoms with Gasteiger partial charge < -0.3 is 10.1 Å². The Morgan fingerprint density at radius 3 is 2.28 bits per heavy atom. The first-order valence-corrected chi connectivity index (χ1v) is 11.2. The van der Waals surface area contributed by atoms with Gasteiger partial charge in [0.1, 0.15) is 0 Å². The van der Waals surface area contributed by atoms with E-state index in [1.807, 2.05) is 37.3 Å². The van der Waals surface area contributed by atoms with E-state index >= 15 is 0 Å². The van der Waals surface area contributed by atoms with Gasteiger partial charge in [-0.2, -0.15) is 0 Å². The molecule has 2 rings (SSSR count). The Morgan fingerprint density at radius 1 is 1.03 bits per heavy atom. The highest BCUT2D eigenvalue weighted by atomic mass is 32.2. The van der Waals surface area contributed by atoms with Crippen LogP contribution in [0, 0.1) is 0 Å². The first-order chi connectivity index (χ1) is 13.7. The van der Waals surface area contributed by atoms with Crippen LogP contribution in [0.1, 0.15) is 42.1 Å². The average molecular weight is 419 g/mol. The Balaban J connectivity index is 1.98. The molecule has 2 atom stereocenters. The second-order valence-corrected chi connectivity index (χ2v) is 8.48. The molecule has 0 aromatic heterocycles. The zero-order chi connectivity index (χ0) is 21.4. The Labute approximate surface area is 171 Å². The fourth-order valence-corrected chi connectivity index (χ4v) is 3.40. The van der Waals surface area contributed by atoms with E-state index in [-0.39, 0.29) is 17.2 Å². The highest BCUT2D eigenvalue weighted by Crippen LogP contribution is 2.19. The van der Waals surface area contributed by atoms with Crippen molar-refractivity contribution in [3.05, 3.63) is 65.7 Å². The van der Waals surface area contributed by atoms with E-state index in [0.29, 0.717) is 6.54 Å². The molecule has 0 aliphatic carbocycles. The number of amides is 1. The highest BCUT2D eigenvalue weighted by molar-refractivity contribution is 7.92. The number of para-hydroxylation sites is 1. The van der Waals surface area contributed by atoms with Crippen LogP contribution in [0.3, 0.4) is 0 Å². The molecule has 1 amide bonds. The van der Waals surface area contributed by atoms with Crippen molar-refractivity contribution in [1.29, 1.82) is 0 Å². The summed E-state index contributed by atoms with van der Waals surface area (Å²) in [6.45, 7) is 3.94. The highest BCUT2D eigenvalue weighted by Gasteiger charge is 2.22. The zero-order valence-corrected chi connectivity index (χ0v) is 17.5. The van der Waals surface area contributed by atoms with Crippen LogP contribution in [0.5, 0.6) is 0 Å². The number of benzene rings is 2. The van der Waals surface area contributed by atoms with Crippen LogP contribution in [0.15, 0.2) is 54.6 Å². The number of hydrogen-bond acceptors (Lipinski definition) is 5. The van der Waals surface area contributed by atoms with Gasteiger partial charge in [-0.05, 0) is 31.0 Å². The van der Waals surface area contributed by atoms with E-state index in [9.17, 15) is 18.0 Å². The maximum Gasteiger partial charge on any atom is 0.341 e.